The van der Waals surface area contributed by atoms with Gasteiger partial charge in [0.05, 0.1) is 27.2 Å². The van der Waals surface area contributed by atoms with Gasteiger partial charge in [-0.2, -0.15) is 19.9 Å². The number of phenolic OH excluding ortho intramolecular Hbond substituents is 1. The Morgan fingerprint density at radius 2 is 1.04 bits per heavy atom. The highest BCUT2D eigenvalue weighted by molar-refractivity contribution is 6.03. The van der Waals surface area contributed by atoms with Crippen molar-refractivity contribution in [3.63, 3.8) is 0 Å². The first-order valence-corrected chi connectivity index (χ1v) is 43.9. The molecule has 6 aromatic carbocycles. The zero-order chi connectivity index (χ0) is 80.9. The van der Waals surface area contributed by atoms with Crippen molar-refractivity contribution < 1.29 is 41.3 Å². The molecule has 0 saturated carbocycles. The quantitative estimate of drug-likeness (QED) is 0.0722. The van der Waals surface area contributed by atoms with Crippen molar-refractivity contribution >= 4 is 88.4 Å². The van der Waals surface area contributed by atoms with Gasteiger partial charge >= 0.3 is 12.0 Å². The van der Waals surface area contributed by atoms with Crippen LogP contribution in [0.15, 0.2) is 122 Å². The number of hydrogen-bond donors (Lipinski definition) is 3. The Hall–Kier alpha value is -10.7. The van der Waals surface area contributed by atoms with E-state index >= 15 is 22.0 Å². The van der Waals surface area contributed by atoms with Crippen molar-refractivity contribution in [1.82, 2.24) is 75.1 Å². The molecule has 1 amide bonds. The maximum Gasteiger partial charge on any atom is 0.319 e. The Balaban J connectivity index is 0.512. The predicted molar refractivity (Wildman–Crippen MR) is 452 cm³/mol. The summed E-state index contributed by atoms with van der Waals surface area (Å²) in [5.74, 6) is -0.130. The van der Waals surface area contributed by atoms with Gasteiger partial charge in [0.1, 0.15) is 87.5 Å². The molecular formula is C94H93F5N18O4. The largest absolute Gasteiger partial charge is 0.508 e. The van der Waals surface area contributed by atoms with Crippen molar-refractivity contribution in [2.45, 2.75) is 187 Å². The molecule has 121 heavy (non-hydrogen) atoms. The topological polar surface area (TPSA) is 219 Å². The third kappa shape index (κ3) is 12.1. The van der Waals surface area contributed by atoms with Crippen LogP contribution < -0.4 is 34.8 Å². The number of aromatic hydroxyl groups is 1. The summed E-state index contributed by atoms with van der Waals surface area (Å²) in [6.07, 6.45) is 21.4. The van der Waals surface area contributed by atoms with Crippen LogP contribution in [0.5, 0.6) is 17.8 Å². The Kier molecular flexibility index (Phi) is 17.4. The zero-order valence-corrected chi connectivity index (χ0v) is 67.3. The van der Waals surface area contributed by atoms with Crippen LogP contribution in [-0.2, 0) is 11.2 Å². The van der Waals surface area contributed by atoms with Gasteiger partial charge in [-0.1, -0.05) is 72.8 Å². The number of carbonyl (C=O) groups excluding carboxylic acids is 1. The number of ether oxygens (including phenoxy) is 2. The molecule has 12 saturated heterocycles. The number of nitrogens with one attached hydrogen (secondary N) is 2. The van der Waals surface area contributed by atoms with E-state index in [9.17, 15) is 9.90 Å². The highest BCUT2D eigenvalue weighted by atomic mass is 19.1. The number of phenols is 1. The molecule has 12 fully saturated rings. The van der Waals surface area contributed by atoms with E-state index in [1.165, 1.54) is 12.1 Å². The van der Waals surface area contributed by atoms with Gasteiger partial charge < -0.3 is 44.8 Å². The number of aryl methyl sites for hydroxylation is 1. The summed E-state index contributed by atoms with van der Waals surface area (Å²) in [7, 11) is 0. The molecule has 0 aliphatic carbocycles. The molecule has 11 unspecified atom stereocenters. The van der Waals surface area contributed by atoms with Crippen LogP contribution in [0.1, 0.15) is 133 Å². The highest BCUT2D eigenvalue weighted by Gasteiger charge is 2.56. The molecule has 27 heteroatoms. The lowest BCUT2D eigenvalue weighted by Crippen LogP contribution is -2.58. The maximum absolute atomic E-state index is 18.5. The van der Waals surface area contributed by atoms with Crippen molar-refractivity contribution in [1.29, 1.82) is 0 Å². The second-order valence-electron chi connectivity index (χ2n) is 36.9. The third-order valence-electron chi connectivity index (χ3n) is 30.3. The molecule has 24 rings (SSSR count). The van der Waals surface area contributed by atoms with Crippen LogP contribution >= 0.6 is 0 Å². The highest BCUT2D eigenvalue weighted by Crippen LogP contribution is 2.54. The average Bonchev–Trinajstić information content (AvgIpc) is 1.23. The third-order valence-corrected chi connectivity index (χ3v) is 30.3. The van der Waals surface area contributed by atoms with Crippen LogP contribution in [0.3, 0.4) is 0 Å². The molecule has 0 spiro atoms. The lowest BCUT2D eigenvalue weighted by atomic mass is 9.88. The summed E-state index contributed by atoms with van der Waals surface area (Å²) in [5, 5.41) is 23.2. The van der Waals surface area contributed by atoms with E-state index in [2.05, 4.69) is 40.0 Å². The standard InChI is InChI=1S/C94H93F5N18O4/c95-54-37-68-64(69(38-54)74-24-30-92(27-6-34-115(74)92)31-25-75-105-84-70(87(106-75)111-43-55-16-17-56(44-111)103-55)40-102-83(80(84)99)67-14-1-8-52-9-3-15-73(96)77(52)67)11-4-13-66(68)82-79(98)85-71(41-101-82)88(112-45-57-18-19-58(46-112)104-57)109-91(108-85)121-51-94-29-5-33-114(94)49-61(39-94)117-59-20-21-60(117)48-113(47-59)89-72-42-100-81(65-12-2-10-53-36-62(118)22-23-63(53)65)78(97)86(72)107-90(110-89)120-50-93-28-7-35-116(93)76(119)26-32-93/h1-4,8-15,22-23,36-38,40-42,55-61,74,103-104,118H,5-7,16-21,24-35,39,43-51H2. The molecule has 11 atom stereocenters. The van der Waals surface area contributed by atoms with E-state index in [4.69, 9.17) is 54.3 Å². The molecule has 618 valence electrons. The Morgan fingerprint density at radius 1 is 0.479 bits per heavy atom. The minimum atomic E-state index is -0.633. The van der Waals surface area contributed by atoms with Gasteiger partial charge in [-0.05, 0) is 185 Å². The number of nitrogens with zero attached hydrogens (tertiary/aromatic N) is 16. The summed E-state index contributed by atoms with van der Waals surface area (Å²) < 4.78 is 100. The van der Waals surface area contributed by atoms with Gasteiger partial charge in [0.15, 0.2) is 17.5 Å². The van der Waals surface area contributed by atoms with Crippen LogP contribution in [-0.4, -0.2) is 213 Å². The summed E-state index contributed by atoms with van der Waals surface area (Å²) in [6, 6.07) is 31.3. The van der Waals surface area contributed by atoms with Crippen molar-refractivity contribution in [3.05, 3.63) is 162 Å². The van der Waals surface area contributed by atoms with Gasteiger partial charge in [-0.25, -0.2) is 31.9 Å². The Bertz CT molecular complexity index is 6270. The molecule has 12 aliphatic heterocycles. The average molecular weight is 1630 g/mol. The molecule has 6 aromatic heterocycles. The number of rotatable bonds is 17. The first-order chi connectivity index (χ1) is 59.1. The number of piperazine rings is 3. The summed E-state index contributed by atoms with van der Waals surface area (Å²) in [4.78, 5) is 74.9. The molecule has 6 bridgehead atoms. The van der Waals surface area contributed by atoms with E-state index in [1.807, 2.05) is 53.4 Å². The number of hydrogen-bond acceptors (Lipinski definition) is 21. The Labute approximate surface area is 695 Å². The van der Waals surface area contributed by atoms with E-state index in [1.54, 1.807) is 61.1 Å². The summed E-state index contributed by atoms with van der Waals surface area (Å²) in [5.41, 5.74) is 1.74. The summed E-state index contributed by atoms with van der Waals surface area (Å²) in [6.45, 7) is 7.83. The molecule has 0 radical (unpaired) electrons. The lowest BCUT2D eigenvalue weighted by Gasteiger charge is -2.45. The fourth-order valence-electron chi connectivity index (χ4n) is 24.8. The number of carbonyl (C=O) groups is 1. The number of halogens is 5. The number of amides is 1. The van der Waals surface area contributed by atoms with E-state index in [0.29, 0.717) is 137 Å². The van der Waals surface area contributed by atoms with Crippen LogP contribution in [0.25, 0.3) is 98.8 Å². The zero-order valence-electron chi connectivity index (χ0n) is 67.3. The SMILES string of the molecule is O=C1CCC2(COc3nc(N4CC5CCC(C4)N5C4CN5CCCC5(COc5nc(N6CC7CCC(C6)N7)c6cnc(-c7cccc8c(C9CCC%10(CCc%11nc(N%12CC%13CCC(C%12)N%13)c%12cnc(-c%13cccc%14cccc(F)c%13%14)c(F)c%12n%11)CCCN9%10)cc(F)cc78)c(F)c6n5)C4)c4cnc(-c5cccc6cc(O)ccc56)c(F)c4n3)CCCN12. The molecule has 12 aliphatic rings. The molecule has 3 N–H and O–H groups in total. The Morgan fingerprint density at radius 3 is 1.72 bits per heavy atom. The minimum absolute atomic E-state index is 0.0392. The monoisotopic (exact) mass is 1630 g/mol. The number of benzene rings is 6. The van der Waals surface area contributed by atoms with Crippen LogP contribution in [0, 0.1) is 29.1 Å². The molecule has 18 heterocycles. The number of anilines is 3. The van der Waals surface area contributed by atoms with Gasteiger partial charge in [-0.3, -0.25) is 34.4 Å². The van der Waals surface area contributed by atoms with E-state index in [0.717, 1.165) is 151 Å². The molecular weight excluding hydrogens is 1540 g/mol. The van der Waals surface area contributed by atoms with Crippen molar-refractivity contribution in [3.8, 4) is 51.5 Å². The smallest absolute Gasteiger partial charge is 0.319 e. The fraction of sp³-hybridized carbons (Fsp3) is 0.447. The summed E-state index contributed by atoms with van der Waals surface area (Å²) >= 11 is 0. The van der Waals surface area contributed by atoms with Gasteiger partial charge in [-0.15, -0.1) is 0 Å². The second kappa shape index (κ2) is 28.4. The van der Waals surface area contributed by atoms with Gasteiger partial charge in [0.25, 0.3) is 0 Å². The first-order valence-electron chi connectivity index (χ1n) is 43.9. The number of aromatic nitrogens is 9. The van der Waals surface area contributed by atoms with Crippen molar-refractivity contribution in [2.24, 2.45) is 0 Å². The van der Waals surface area contributed by atoms with Crippen molar-refractivity contribution in [2.75, 3.05) is 93.4 Å². The van der Waals surface area contributed by atoms with Gasteiger partial charge in [0, 0.05) is 160 Å². The van der Waals surface area contributed by atoms with Crippen LogP contribution in [0.4, 0.5) is 39.4 Å². The fourth-order valence-corrected chi connectivity index (χ4v) is 24.8. The second-order valence-corrected chi connectivity index (χ2v) is 36.9. The normalized spacial score (nSPS) is 27.7. The van der Waals surface area contributed by atoms with Gasteiger partial charge in [0.2, 0.25) is 5.91 Å². The lowest BCUT2D eigenvalue weighted by molar-refractivity contribution is -0.130. The number of fused-ring (bicyclic) bond motifs is 15. The van der Waals surface area contributed by atoms with E-state index < -0.39 is 34.6 Å². The van der Waals surface area contributed by atoms with Crippen LogP contribution in [0.2, 0.25) is 0 Å². The molecule has 22 nitrogen and oxygen atoms in total. The number of pyridine rings is 3. The maximum atomic E-state index is 18.5. The van der Waals surface area contributed by atoms with E-state index in [-0.39, 0.29) is 123 Å². The first kappa shape index (κ1) is 74.1. The minimum Gasteiger partial charge on any atom is -0.508 e. The predicted octanol–water partition coefficient (Wildman–Crippen LogP) is 14.6. The molecule has 12 aromatic rings.